The minimum atomic E-state index is -3.19. The third-order valence-electron chi connectivity index (χ3n) is 5.58. The first-order valence-corrected chi connectivity index (χ1v) is 12.6. The third kappa shape index (κ3) is 4.69. The van der Waals surface area contributed by atoms with Crippen LogP contribution in [0.15, 0.2) is 12.3 Å². The van der Waals surface area contributed by atoms with Gasteiger partial charge in [0.2, 0.25) is 0 Å². The number of aromatic nitrogens is 2. The molecule has 4 rings (SSSR count). The first-order valence-electron chi connectivity index (χ1n) is 9.71. The van der Waals surface area contributed by atoms with Crippen LogP contribution in [-0.4, -0.2) is 53.6 Å². The number of carbonyl (C=O) groups is 1. The normalized spacial score (nSPS) is 24.2. The zero-order chi connectivity index (χ0) is 19.9. The molecule has 28 heavy (non-hydrogen) atoms. The number of rotatable bonds is 6. The lowest BCUT2D eigenvalue weighted by Gasteiger charge is -2.31. The maximum absolute atomic E-state index is 12.6. The Morgan fingerprint density at radius 2 is 2.00 bits per heavy atom. The largest absolute Gasteiger partial charge is 0.392 e. The van der Waals surface area contributed by atoms with Gasteiger partial charge in [-0.2, -0.15) is 0 Å². The Bertz CT molecular complexity index is 976. The van der Waals surface area contributed by atoms with E-state index in [2.05, 4.69) is 15.3 Å². The number of sulfone groups is 1. The number of amides is 1. The highest BCUT2D eigenvalue weighted by Crippen LogP contribution is 2.43. The molecule has 1 atom stereocenters. The van der Waals surface area contributed by atoms with Gasteiger partial charge in [0.1, 0.15) is 9.84 Å². The minimum absolute atomic E-state index is 0.0288. The molecule has 2 heterocycles. The standard InChI is InChI=1S/C19H25N3O4S2/c1-28(25,26)10-15(23)11-4-6-14(7-5-11)21-18(24)13-8-16-17(20-9-13)22-19(27-16)12-2-3-12/h8-9,11-12,14-15,23H,2-7,10H2,1H3,(H,21,24). The first-order chi connectivity index (χ1) is 13.3. The summed E-state index contributed by atoms with van der Waals surface area (Å²) in [6, 6.07) is 1.90. The van der Waals surface area contributed by atoms with Gasteiger partial charge in [0.15, 0.2) is 5.65 Å². The molecule has 2 fully saturated rings. The molecule has 2 aliphatic rings. The van der Waals surface area contributed by atoms with Crippen molar-refractivity contribution in [1.29, 1.82) is 0 Å². The lowest BCUT2D eigenvalue weighted by Crippen LogP contribution is -2.40. The molecular formula is C19H25N3O4S2. The highest BCUT2D eigenvalue weighted by molar-refractivity contribution is 7.90. The van der Waals surface area contributed by atoms with Crippen molar-refractivity contribution in [2.45, 2.75) is 56.6 Å². The molecule has 0 spiro atoms. The van der Waals surface area contributed by atoms with Gasteiger partial charge in [0.05, 0.1) is 27.1 Å². The van der Waals surface area contributed by atoms with Gasteiger partial charge in [0, 0.05) is 24.4 Å². The summed E-state index contributed by atoms with van der Waals surface area (Å²) >= 11 is 1.62. The number of pyridine rings is 1. The SMILES string of the molecule is CS(=O)(=O)CC(O)C1CCC(NC(=O)c2cnc3nc(C4CC4)sc3c2)CC1. The van der Waals surface area contributed by atoms with Crippen molar-refractivity contribution in [3.8, 4) is 0 Å². The van der Waals surface area contributed by atoms with Gasteiger partial charge in [0.25, 0.3) is 5.91 Å². The summed E-state index contributed by atoms with van der Waals surface area (Å²) in [6.07, 6.45) is 7.16. The molecule has 2 aromatic heterocycles. The Balaban J connectivity index is 1.33. The third-order valence-corrected chi connectivity index (χ3v) is 7.68. The summed E-state index contributed by atoms with van der Waals surface area (Å²) < 4.78 is 23.7. The molecule has 2 aromatic rings. The molecule has 0 bridgehead atoms. The van der Waals surface area contributed by atoms with E-state index in [1.807, 2.05) is 6.07 Å². The highest BCUT2D eigenvalue weighted by atomic mass is 32.2. The van der Waals surface area contributed by atoms with Gasteiger partial charge in [-0.05, 0) is 50.5 Å². The second kappa shape index (κ2) is 7.68. The zero-order valence-electron chi connectivity index (χ0n) is 15.8. The number of hydrogen-bond acceptors (Lipinski definition) is 7. The molecule has 2 N–H and O–H groups in total. The van der Waals surface area contributed by atoms with E-state index in [0.717, 1.165) is 28.8 Å². The van der Waals surface area contributed by atoms with E-state index in [1.165, 1.54) is 12.8 Å². The maximum atomic E-state index is 12.6. The Labute approximate surface area is 168 Å². The fourth-order valence-corrected chi connectivity index (χ4v) is 5.86. The topological polar surface area (TPSA) is 109 Å². The van der Waals surface area contributed by atoms with Crippen LogP contribution in [0, 0.1) is 5.92 Å². The van der Waals surface area contributed by atoms with Crippen molar-refractivity contribution in [1.82, 2.24) is 15.3 Å². The lowest BCUT2D eigenvalue weighted by atomic mass is 9.83. The van der Waals surface area contributed by atoms with E-state index in [0.29, 0.717) is 30.0 Å². The van der Waals surface area contributed by atoms with E-state index in [-0.39, 0.29) is 23.6 Å². The van der Waals surface area contributed by atoms with Gasteiger partial charge in [-0.3, -0.25) is 4.79 Å². The number of hydrogen-bond donors (Lipinski definition) is 2. The molecule has 9 heteroatoms. The van der Waals surface area contributed by atoms with Crippen LogP contribution in [0.2, 0.25) is 0 Å². The number of thiazole rings is 1. The average Bonchev–Trinajstić information content (AvgIpc) is 3.39. The molecule has 0 aliphatic heterocycles. The summed E-state index contributed by atoms with van der Waals surface area (Å²) in [5.41, 5.74) is 1.25. The van der Waals surface area contributed by atoms with E-state index >= 15 is 0 Å². The highest BCUT2D eigenvalue weighted by Gasteiger charge is 2.30. The second-order valence-electron chi connectivity index (χ2n) is 8.12. The second-order valence-corrected chi connectivity index (χ2v) is 11.4. The van der Waals surface area contributed by atoms with Crippen LogP contribution in [0.1, 0.15) is 59.8 Å². The van der Waals surface area contributed by atoms with Crippen LogP contribution in [-0.2, 0) is 9.84 Å². The van der Waals surface area contributed by atoms with Crippen molar-refractivity contribution >= 4 is 37.4 Å². The molecule has 2 saturated carbocycles. The fourth-order valence-electron chi connectivity index (χ4n) is 3.83. The van der Waals surface area contributed by atoms with E-state index in [9.17, 15) is 18.3 Å². The number of nitrogens with one attached hydrogen (secondary N) is 1. The number of nitrogens with zero attached hydrogens (tertiary/aromatic N) is 2. The van der Waals surface area contributed by atoms with Crippen molar-refractivity contribution in [3.05, 3.63) is 22.8 Å². The van der Waals surface area contributed by atoms with Crippen molar-refractivity contribution in [3.63, 3.8) is 0 Å². The van der Waals surface area contributed by atoms with E-state index < -0.39 is 15.9 Å². The van der Waals surface area contributed by atoms with Gasteiger partial charge in [-0.25, -0.2) is 18.4 Å². The molecule has 0 saturated heterocycles. The zero-order valence-corrected chi connectivity index (χ0v) is 17.4. The van der Waals surface area contributed by atoms with E-state index in [4.69, 9.17) is 0 Å². The van der Waals surface area contributed by atoms with Crippen LogP contribution in [0.5, 0.6) is 0 Å². The number of aliphatic hydroxyl groups is 1. The average molecular weight is 424 g/mol. The Hall–Kier alpha value is -1.58. The van der Waals surface area contributed by atoms with Gasteiger partial charge in [-0.15, -0.1) is 11.3 Å². The van der Waals surface area contributed by atoms with Crippen molar-refractivity contribution in [2.24, 2.45) is 5.92 Å². The quantitative estimate of drug-likeness (QED) is 0.738. The van der Waals surface area contributed by atoms with Crippen LogP contribution in [0.3, 0.4) is 0 Å². The molecule has 0 aromatic carbocycles. The predicted molar refractivity (Wildman–Crippen MR) is 108 cm³/mol. The maximum Gasteiger partial charge on any atom is 0.253 e. The van der Waals surface area contributed by atoms with Gasteiger partial charge < -0.3 is 10.4 Å². The lowest BCUT2D eigenvalue weighted by molar-refractivity contribution is 0.0842. The monoisotopic (exact) mass is 423 g/mol. The van der Waals surface area contributed by atoms with Gasteiger partial charge in [-0.1, -0.05) is 0 Å². The molecule has 1 unspecified atom stereocenters. The van der Waals surface area contributed by atoms with E-state index in [1.54, 1.807) is 17.5 Å². The van der Waals surface area contributed by atoms with Crippen LogP contribution >= 0.6 is 11.3 Å². The Kier molecular flexibility index (Phi) is 5.41. The number of fused-ring (bicyclic) bond motifs is 1. The summed E-state index contributed by atoms with van der Waals surface area (Å²) in [4.78, 5) is 21.5. The Morgan fingerprint density at radius 3 is 2.64 bits per heavy atom. The first kappa shape index (κ1) is 19.7. The number of aliphatic hydroxyl groups excluding tert-OH is 1. The fraction of sp³-hybridized carbons (Fsp3) is 0.632. The summed E-state index contributed by atoms with van der Waals surface area (Å²) in [5, 5.41) is 14.3. The molecule has 2 aliphatic carbocycles. The van der Waals surface area contributed by atoms with Crippen molar-refractivity contribution in [2.75, 3.05) is 12.0 Å². The molecule has 0 radical (unpaired) electrons. The summed E-state index contributed by atoms with van der Waals surface area (Å²) in [7, 11) is -3.19. The molecule has 7 nitrogen and oxygen atoms in total. The van der Waals surface area contributed by atoms with Crippen LogP contribution in [0.4, 0.5) is 0 Å². The van der Waals surface area contributed by atoms with Gasteiger partial charge >= 0.3 is 0 Å². The van der Waals surface area contributed by atoms with Crippen LogP contribution < -0.4 is 5.32 Å². The smallest absolute Gasteiger partial charge is 0.253 e. The molecule has 1 amide bonds. The Morgan fingerprint density at radius 1 is 1.29 bits per heavy atom. The molecular weight excluding hydrogens is 398 g/mol. The molecule has 152 valence electrons. The summed E-state index contributed by atoms with van der Waals surface area (Å²) in [5.74, 6) is 0.206. The van der Waals surface area contributed by atoms with Crippen molar-refractivity contribution < 1.29 is 18.3 Å². The van der Waals surface area contributed by atoms with Crippen LogP contribution in [0.25, 0.3) is 10.3 Å². The predicted octanol–water partition coefficient (Wildman–Crippen LogP) is 2.26. The number of carbonyl (C=O) groups excluding carboxylic acids is 1. The summed E-state index contributed by atoms with van der Waals surface area (Å²) in [6.45, 7) is 0. The minimum Gasteiger partial charge on any atom is -0.392 e.